The summed E-state index contributed by atoms with van der Waals surface area (Å²) in [5.41, 5.74) is 0.826. The van der Waals surface area contributed by atoms with E-state index in [9.17, 15) is 18.8 Å². The second kappa shape index (κ2) is 9.85. The monoisotopic (exact) mass is 518 g/mol. The van der Waals surface area contributed by atoms with E-state index in [-0.39, 0.29) is 33.7 Å². The van der Waals surface area contributed by atoms with Crippen LogP contribution in [0, 0.1) is 5.82 Å². The largest absolute Gasteiger partial charge is 0.486 e. The van der Waals surface area contributed by atoms with Crippen LogP contribution in [0.25, 0.3) is 6.08 Å². The zero-order valence-electron chi connectivity index (χ0n) is 17.2. The molecule has 1 heterocycles. The van der Waals surface area contributed by atoms with E-state index in [1.165, 1.54) is 30.3 Å². The summed E-state index contributed by atoms with van der Waals surface area (Å²) in [4.78, 5) is 38.3. The van der Waals surface area contributed by atoms with Gasteiger partial charge in [-0.1, -0.05) is 53.0 Å². The van der Waals surface area contributed by atoms with Gasteiger partial charge < -0.3 is 4.74 Å². The molecule has 3 aromatic rings. The first-order chi connectivity index (χ1) is 16.2. The molecule has 0 radical (unpaired) electrons. The summed E-state index contributed by atoms with van der Waals surface area (Å²) in [6.45, 7) is 0.120. The van der Waals surface area contributed by atoms with Crippen molar-refractivity contribution in [2.24, 2.45) is 0 Å². The molecule has 0 saturated carbocycles. The van der Waals surface area contributed by atoms with E-state index in [1.807, 2.05) is 6.07 Å². The molecule has 0 bridgehead atoms. The Morgan fingerprint density at radius 2 is 1.56 bits per heavy atom. The SMILES string of the molecule is O=C1NC(=O)N(c2ccc(F)cc2)C(=O)/C1=C/c1cc(Cl)c(OCc2ccccc2Cl)c(Cl)c1. The standard InChI is InChI=1S/C24H14Cl3FN2O4/c25-18-4-2-1-3-14(18)12-34-21-19(26)10-13(11-20(21)27)9-17-22(31)29-24(33)30(23(17)32)16-7-5-15(28)6-8-16/h1-11H,12H2,(H,29,31,33)/b17-9+. The first-order valence-electron chi connectivity index (χ1n) is 9.77. The van der Waals surface area contributed by atoms with Crippen LogP contribution in [-0.2, 0) is 16.2 Å². The molecule has 6 nitrogen and oxygen atoms in total. The number of benzene rings is 3. The molecule has 0 atom stereocenters. The number of amides is 4. The Morgan fingerprint density at radius 1 is 0.912 bits per heavy atom. The number of barbiturate groups is 1. The first-order valence-corrected chi connectivity index (χ1v) is 10.9. The summed E-state index contributed by atoms with van der Waals surface area (Å²) in [5.74, 6) is -2.11. The molecular weight excluding hydrogens is 506 g/mol. The summed E-state index contributed by atoms with van der Waals surface area (Å²) in [6.07, 6.45) is 1.25. The molecular formula is C24H14Cl3FN2O4. The number of nitrogens with one attached hydrogen (secondary N) is 1. The van der Waals surface area contributed by atoms with E-state index in [0.717, 1.165) is 22.6 Å². The van der Waals surface area contributed by atoms with Crippen molar-refractivity contribution in [3.05, 3.63) is 98.2 Å². The Morgan fingerprint density at radius 3 is 2.21 bits per heavy atom. The van der Waals surface area contributed by atoms with Crippen molar-refractivity contribution in [3.8, 4) is 5.75 Å². The van der Waals surface area contributed by atoms with Gasteiger partial charge in [0.25, 0.3) is 11.8 Å². The predicted molar refractivity (Wildman–Crippen MR) is 128 cm³/mol. The van der Waals surface area contributed by atoms with Gasteiger partial charge in [0.05, 0.1) is 15.7 Å². The molecule has 0 unspecified atom stereocenters. The van der Waals surface area contributed by atoms with Crippen molar-refractivity contribution >= 4 is 64.4 Å². The van der Waals surface area contributed by atoms with Gasteiger partial charge in [-0.25, -0.2) is 14.1 Å². The Labute approximate surface area is 208 Å². The lowest BCUT2D eigenvalue weighted by molar-refractivity contribution is -0.122. The minimum Gasteiger partial charge on any atom is -0.486 e. The molecule has 1 saturated heterocycles. The quantitative estimate of drug-likeness (QED) is 0.330. The minimum absolute atomic E-state index is 0.0988. The summed E-state index contributed by atoms with van der Waals surface area (Å²) < 4.78 is 19.0. The molecule has 0 spiro atoms. The minimum atomic E-state index is -0.946. The van der Waals surface area contributed by atoms with E-state index >= 15 is 0 Å². The van der Waals surface area contributed by atoms with Gasteiger partial charge in [-0.3, -0.25) is 14.9 Å². The lowest BCUT2D eigenvalue weighted by atomic mass is 10.1. The molecule has 0 aliphatic carbocycles. The van der Waals surface area contributed by atoms with Crippen molar-refractivity contribution in [3.63, 3.8) is 0 Å². The van der Waals surface area contributed by atoms with Crippen molar-refractivity contribution in [1.82, 2.24) is 5.32 Å². The fourth-order valence-electron chi connectivity index (χ4n) is 3.21. The van der Waals surface area contributed by atoms with E-state index in [4.69, 9.17) is 39.5 Å². The van der Waals surface area contributed by atoms with Gasteiger partial charge in [0, 0.05) is 10.6 Å². The van der Waals surface area contributed by atoms with Crippen LogP contribution in [0.5, 0.6) is 5.75 Å². The van der Waals surface area contributed by atoms with Crippen molar-refractivity contribution in [1.29, 1.82) is 0 Å². The maximum atomic E-state index is 13.2. The number of rotatable bonds is 5. The van der Waals surface area contributed by atoms with Crippen molar-refractivity contribution in [2.45, 2.75) is 6.61 Å². The highest BCUT2D eigenvalue weighted by Crippen LogP contribution is 2.36. The van der Waals surface area contributed by atoms with Gasteiger partial charge in [0.15, 0.2) is 5.75 Å². The van der Waals surface area contributed by atoms with Crippen LogP contribution in [0.2, 0.25) is 15.1 Å². The van der Waals surface area contributed by atoms with Crippen LogP contribution >= 0.6 is 34.8 Å². The number of urea groups is 1. The molecule has 1 aliphatic heterocycles. The van der Waals surface area contributed by atoms with Gasteiger partial charge in [-0.2, -0.15) is 0 Å². The lowest BCUT2D eigenvalue weighted by Crippen LogP contribution is -2.54. The van der Waals surface area contributed by atoms with Crippen LogP contribution in [0.15, 0.2) is 66.2 Å². The molecule has 4 amide bonds. The number of ether oxygens (including phenoxy) is 1. The Hall–Kier alpha value is -3.39. The number of hydrogen-bond donors (Lipinski definition) is 1. The zero-order valence-corrected chi connectivity index (χ0v) is 19.4. The highest BCUT2D eigenvalue weighted by molar-refractivity contribution is 6.40. The number of imide groups is 2. The Bertz CT molecular complexity index is 1320. The first kappa shape index (κ1) is 23.8. The number of carbonyl (C=O) groups is 3. The van der Waals surface area contributed by atoms with E-state index in [0.29, 0.717) is 10.6 Å². The predicted octanol–water partition coefficient (Wildman–Crippen LogP) is 6.03. The molecule has 172 valence electrons. The average molecular weight is 520 g/mol. The molecule has 1 N–H and O–H groups in total. The molecule has 0 aromatic heterocycles. The summed E-state index contributed by atoms with van der Waals surface area (Å²) in [7, 11) is 0. The molecule has 1 fully saturated rings. The topological polar surface area (TPSA) is 75.7 Å². The molecule has 3 aromatic carbocycles. The number of anilines is 1. The lowest BCUT2D eigenvalue weighted by Gasteiger charge is -2.26. The van der Waals surface area contributed by atoms with Gasteiger partial charge in [0.1, 0.15) is 18.0 Å². The van der Waals surface area contributed by atoms with Crippen LogP contribution in [0.4, 0.5) is 14.9 Å². The van der Waals surface area contributed by atoms with Crippen molar-refractivity contribution < 1.29 is 23.5 Å². The Kier molecular flexibility index (Phi) is 6.88. The van der Waals surface area contributed by atoms with Gasteiger partial charge in [0.2, 0.25) is 0 Å². The molecule has 1 aliphatic rings. The summed E-state index contributed by atoms with van der Waals surface area (Å²) >= 11 is 18.8. The number of halogens is 4. The zero-order chi connectivity index (χ0) is 24.4. The highest BCUT2D eigenvalue weighted by atomic mass is 35.5. The highest BCUT2D eigenvalue weighted by Gasteiger charge is 2.36. The summed E-state index contributed by atoms with van der Waals surface area (Å²) in [6, 6.07) is 13.8. The fourth-order valence-corrected chi connectivity index (χ4v) is 4.02. The average Bonchev–Trinajstić information content (AvgIpc) is 2.78. The number of hydrogen-bond acceptors (Lipinski definition) is 4. The van der Waals surface area contributed by atoms with Crippen LogP contribution in [-0.4, -0.2) is 17.8 Å². The van der Waals surface area contributed by atoms with Crippen LogP contribution in [0.3, 0.4) is 0 Å². The third kappa shape index (κ3) is 4.92. The molecule has 10 heteroatoms. The van der Waals surface area contributed by atoms with E-state index < -0.39 is 23.7 Å². The molecule has 34 heavy (non-hydrogen) atoms. The third-order valence-electron chi connectivity index (χ3n) is 4.85. The smallest absolute Gasteiger partial charge is 0.335 e. The van der Waals surface area contributed by atoms with Crippen molar-refractivity contribution in [2.75, 3.05) is 4.90 Å². The van der Waals surface area contributed by atoms with Crippen LogP contribution in [0.1, 0.15) is 11.1 Å². The second-order valence-electron chi connectivity index (χ2n) is 7.13. The Balaban J connectivity index is 1.61. The second-order valence-corrected chi connectivity index (χ2v) is 8.35. The third-order valence-corrected chi connectivity index (χ3v) is 5.78. The maximum absolute atomic E-state index is 13.2. The fraction of sp³-hybridized carbons (Fsp3) is 0.0417. The van der Waals surface area contributed by atoms with E-state index in [2.05, 4.69) is 5.32 Å². The maximum Gasteiger partial charge on any atom is 0.335 e. The molecule has 4 rings (SSSR count). The normalized spacial score (nSPS) is 15.0. The van der Waals surface area contributed by atoms with E-state index in [1.54, 1.807) is 18.2 Å². The van der Waals surface area contributed by atoms with Gasteiger partial charge in [-0.15, -0.1) is 0 Å². The van der Waals surface area contributed by atoms with Gasteiger partial charge in [-0.05, 0) is 54.1 Å². The van der Waals surface area contributed by atoms with Crippen LogP contribution < -0.4 is 15.0 Å². The number of nitrogens with zero attached hydrogens (tertiary/aromatic N) is 1. The number of carbonyl (C=O) groups excluding carboxylic acids is 3. The van der Waals surface area contributed by atoms with Gasteiger partial charge >= 0.3 is 6.03 Å². The summed E-state index contributed by atoms with van der Waals surface area (Å²) in [5, 5.41) is 2.90.